The maximum Gasteiger partial charge on any atom is 0.261 e. The lowest BCUT2D eigenvalue weighted by Gasteiger charge is -2.20. The number of thiophene rings is 1. The second kappa shape index (κ2) is 6.33. The smallest absolute Gasteiger partial charge is 0.261 e. The molecule has 25 heavy (non-hydrogen) atoms. The fourth-order valence-electron chi connectivity index (χ4n) is 2.38. The fraction of sp³-hybridized carbons (Fsp3) is 0.278. The second-order valence-corrected chi connectivity index (χ2v) is 7.62. The van der Waals surface area contributed by atoms with Crippen LogP contribution in [0.3, 0.4) is 0 Å². The Morgan fingerprint density at radius 1 is 1.28 bits per heavy atom. The molecule has 0 bridgehead atoms. The number of nitrogens with two attached hydrogens (primary N) is 1. The molecule has 0 spiro atoms. The van der Waals surface area contributed by atoms with Crippen LogP contribution in [0.5, 0.6) is 0 Å². The standard InChI is InChI=1S/C18H20N4O2S/c1-11-13-9-14(15(23)20-10-18(2,3)17(19)24)25-16(13)22(21-11)12-7-5-4-6-8-12/h4-9H,10H2,1-3H3,(H2,19,24)(H,20,23). The van der Waals surface area contributed by atoms with Crippen LogP contribution in [0.15, 0.2) is 36.4 Å². The van der Waals surface area contributed by atoms with Crippen LogP contribution in [0.4, 0.5) is 0 Å². The van der Waals surface area contributed by atoms with Gasteiger partial charge in [-0.2, -0.15) is 5.10 Å². The van der Waals surface area contributed by atoms with Crippen molar-refractivity contribution in [1.29, 1.82) is 0 Å². The lowest BCUT2D eigenvalue weighted by atomic mass is 9.93. The number of hydrogen-bond acceptors (Lipinski definition) is 4. The quantitative estimate of drug-likeness (QED) is 0.736. The van der Waals surface area contributed by atoms with Crippen molar-refractivity contribution in [3.8, 4) is 5.69 Å². The summed E-state index contributed by atoms with van der Waals surface area (Å²) in [7, 11) is 0. The third kappa shape index (κ3) is 3.28. The Balaban J connectivity index is 1.89. The zero-order chi connectivity index (χ0) is 18.2. The number of para-hydroxylation sites is 1. The van der Waals surface area contributed by atoms with Gasteiger partial charge < -0.3 is 11.1 Å². The molecule has 0 aliphatic rings. The van der Waals surface area contributed by atoms with Gasteiger partial charge in [0.1, 0.15) is 4.83 Å². The summed E-state index contributed by atoms with van der Waals surface area (Å²) in [6.45, 7) is 5.53. The van der Waals surface area contributed by atoms with Gasteiger partial charge in [-0.1, -0.05) is 18.2 Å². The van der Waals surface area contributed by atoms with E-state index >= 15 is 0 Å². The fourth-order valence-corrected chi connectivity index (χ4v) is 3.48. The van der Waals surface area contributed by atoms with E-state index in [0.29, 0.717) is 4.88 Å². The summed E-state index contributed by atoms with van der Waals surface area (Å²) < 4.78 is 1.85. The zero-order valence-electron chi connectivity index (χ0n) is 14.4. The highest BCUT2D eigenvalue weighted by Crippen LogP contribution is 2.30. The number of aromatic nitrogens is 2. The Bertz CT molecular complexity index is 941. The largest absolute Gasteiger partial charge is 0.369 e. The van der Waals surface area contributed by atoms with Crippen molar-refractivity contribution < 1.29 is 9.59 Å². The molecule has 2 amide bonds. The Hall–Kier alpha value is -2.67. The first kappa shape index (κ1) is 17.2. The van der Waals surface area contributed by atoms with Crippen LogP contribution < -0.4 is 11.1 Å². The number of amides is 2. The summed E-state index contributed by atoms with van der Waals surface area (Å²) in [4.78, 5) is 25.3. The summed E-state index contributed by atoms with van der Waals surface area (Å²) >= 11 is 1.38. The average Bonchev–Trinajstić information content (AvgIpc) is 3.14. The van der Waals surface area contributed by atoms with Crippen LogP contribution in [0.1, 0.15) is 29.2 Å². The highest BCUT2D eigenvalue weighted by molar-refractivity contribution is 7.20. The number of aryl methyl sites for hydroxylation is 1. The first-order valence-electron chi connectivity index (χ1n) is 7.92. The van der Waals surface area contributed by atoms with Gasteiger partial charge in [-0.05, 0) is 39.0 Å². The van der Waals surface area contributed by atoms with Crippen LogP contribution in [0, 0.1) is 12.3 Å². The normalized spacial score (nSPS) is 11.6. The van der Waals surface area contributed by atoms with Crippen LogP contribution in [0.25, 0.3) is 15.9 Å². The Labute approximate surface area is 149 Å². The molecule has 3 aromatic rings. The van der Waals surface area contributed by atoms with Crippen molar-refractivity contribution >= 4 is 33.4 Å². The molecule has 2 heterocycles. The third-order valence-corrected chi connectivity index (χ3v) is 5.24. The molecule has 0 saturated heterocycles. The van der Waals surface area contributed by atoms with E-state index in [-0.39, 0.29) is 12.5 Å². The molecular weight excluding hydrogens is 336 g/mol. The summed E-state index contributed by atoms with van der Waals surface area (Å²) in [6, 6.07) is 11.6. The molecular formula is C18H20N4O2S. The molecule has 1 aromatic carbocycles. The molecule has 0 atom stereocenters. The first-order chi connectivity index (χ1) is 11.8. The summed E-state index contributed by atoms with van der Waals surface area (Å²) in [5.41, 5.74) is 6.37. The predicted molar refractivity (Wildman–Crippen MR) is 99.0 cm³/mol. The molecule has 0 aliphatic heterocycles. The molecule has 130 valence electrons. The number of fused-ring (bicyclic) bond motifs is 1. The van der Waals surface area contributed by atoms with Crippen LogP contribution >= 0.6 is 11.3 Å². The number of primary amides is 1. The predicted octanol–water partition coefficient (Wildman–Crippen LogP) is 2.64. The Morgan fingerprint density at radius 3 is 2.60 bits per heavy atom. The maximum absolute atomic E-state index is 12.5. The van der Waals surface area contributed by atoms with Gasteiger partial charge in [0, 0.05) is 11.9 Å². The maximum atomic E-state index is 12.5. The minimum absolute atomic E-state index is 0.194. The van der Waals surface area contributed by atoms with Gasteiger partial charge in [0.05, 0.1) is 21.7 Å². The van der Waals surface area contributed by atoms with E-state index in [0.717, 1.165) is 21.6 Å². The number of carbonyl (C=O) groups excluding carboxylic acids is 2. The molecule has 0 radical (unpaired) electrons. The highest BCUT2D eigenvalue weighted by Gasteiger charge is 2.26. The second-order valence-electron chi connectivity index (χ2n) is 6.59. The molecule has 3 N–H and O–H groups in total. The van der Waals surface area contributed by atoms with Crippen LogP contribution in [0.2, 0.25) is 0 Å². The number of benzene rings is 1. The van der Waals surface area contributed by atoms with E-state index < -0.39 is 11.3 Å². The Morgan fingerprint density at radius 2 is 1.96 bits per heavy atom. The van der Waals surface area contributed by atoms with Crippen molar-refractivity contribution in [2.75, 3.05) is 6.54 Å². The van der Waals surface area contributed by atoms with E-state index in [2.05, 4.69) is 10.4 Å². The van der Waals surface area contributed by atoms with Gasteiger partial charge in [0.25, 0.3) is 5.91 Å². The lowest BCUT2D eigenvalue weighted by Crippen LogP contribution is -2.42. The zero-order valence-corrected chi connectivity index (χ0v) is 15.2. The number of hydrogen-bond donors (Lipinski definition) is 2. The minimum atomic E-state index is -0.789. The molecule has 0 saturated carbocycles. The summed E-state index contributed by atoms with van der Waals surface area (Å²) in [5.74, 6) is -0.658. The lowest BCUT2D eigenvalue weighted by molar-refractivity contribution is -0.125. The van der Waals surface area contributed by atoms with Crippen molar-refractivity contribution in [1.82, 2.24) is 15.1 Å². The monoisotopic (exact) mass is 356 g/mol. The van der Waals surface area contributed by atoms with Gasteiger partial charge in [-0.15, -0.1) is 11.3 Å². The van der Waals surface area contributed by atoms with E-state index in [1.165, 1.54) is 11.3 Å². The average molecular weight is 356 g/mol. The van der Waals surface area contributed by atoms with Gasteiger partial charge in [0.15, 0.2) is 0 Å². The molecule has 2 aromatic heterocycles. The molecule has 3 rings (SSSR count). The molecule has 6 nitrogen and oxygen atoms in total. The van der Waals surface area contributed by atoms with Crippen molar-refractivity contribution in [2.24, 2.45) is 11.1 Å². The molecule has 7 heteroatoms. The van der Waals surface area contributed by atoms with Gasteiger partial charge in [-0.3, -0.25) is 9.59 Å². The van der Waals surface area contributed by atoms with Crippen molar-refractivity contribution in [2.45, 2.75) is 20.8 Å². The number of nitrogens with zero attached hydrogens (tertiary/aromatic N) is 2. The molecule has 0 fully saturated rings. The summed E-state index contributed by atoms with van der Waals surface area (Å²) in [5, 5.41) is 8.31. The van der Waals surface area contributed by atoms with E-state index in [4.69, 9.17) is 5.73 Å². The van der Waals surface area contributed by atoms with E-state index in [1.54, 1.807) is 13.8 Å². The number of rotatable bonds is 5. The molecule has 0 unspecified atom stereocenters. The number of nitrogens with one attached hydrogen (secondary N) is 1. The van der Waals surface area contributed by atoms with E-state index in [1.807, 2.05) is 48.0 Å². The van der Waals surface area contributed by atoms with Gasteiger partial charge in [0.2, 0.25) is 5.91 Å². The van der Waals surface area contributed by atoms with Crippen molar-refractivity contribution in [3.05, 3.63) is 47.0 Å². The topological polar surface area (TPSA) is 90.0 Å². The summed E-state index contributed by atoms with van der Waals surface area (Å²) in [6.07, 6.45) is 0. The SMILES string of the molecule is Cc1nn(-c2ccccc2)c2sc(C(=O)NCC(C)(C)C(N)=O)cc12. The van der Waals surface area contributed by atoms with Gasteiger partial charge in [-0.25, -0.2) is 4.68 Å². The molecule has 0 aliphatic carbocycles. The van der Waals surface area contributed by atoms with Crippen LogP contribution in [-0.2, 0) is 4.79 Å². The van der Waals surface area contributed by atoms with Crippen LogP contribution in [-0.4, -0.2) is 28.1 Å². The first-order valence-corrected chi connectivity index (χ1v) is 8.74. The Kier molecular flexibility index (Phi) is 4.34. The van der Waals surface area contributed by atoms with Crippen molar-refractivity contribution in [3.63, 3.8) is 0 Å². The minimum Gasteiger partial charge on any atom is -0.369 e. The third-order valence-electron chi connectivity index (χ3n) is 4.13. The number of carbonyl (C=O) groups is 2. The van der Waals surface area contributed by atoms with E-state index in [9.17, 15) is 9.59 Å². The van der Waals surface area contributed by atoms with Gasteiger partial charge >= 0.3 is 0 Å². The highest BCUT2D eigenvalue weighted by atomic mass is 32.1.